The van der Waals surface area contributed by atoms with E-state index in [2.05, 4.69) is 10.4 Å². The van der Waals surface area contributed by atoms with Crippen molar-refractivity contribution >= 4 is 17.5 Å². The molecule has 1 aromatic heterocycles. The van der Waals surface area contributed by atoms with E-state index < -0.39 is 11.8 Å². The van der Waals surface area contributed by atoms with Crippen molar-refractivity contribution in [2.45, 2.75) is 6.54 Å². The number of para-hydroxylation sites is 1. The van der Waals surface area contributed by atoms with Crippen LogP contribution in [0.2, 0.25) is 0 Å². The maximum Gasteiger partial charge on any atom is 0.276 e. The molecule has 0 atom stereocenters. The number of anilines is 1. The summed E-state index contributed by atoms with van der Waals surface area (Å²) in [6.45, 7) is 0.367. The maximum absolute atomic E-state index is 12.6. The number of primary amides is 1. The molecule has 3 N–H and O–H groups in total. The van der Waals surface area contributed by atoms with Crippen molar-refractivity contribution in [1.82, 2.24) is 9.78 Å². The van der Waals surface area contributed by atoms with Crippen LogP contribution in [0.3, 0.4) is 0 Å². The maximum atomic E-state index is 12.6. The minimum atomic E-state index is -0.641. The quantitative estimate of drug-likeness (QED) is 0.584. The molecule has 9 heteroatoms. The molecule has 3 rings (SSSR count). The first-order valence-electron chi connectivity index (χ1n) is 9.03. The molecule has 154 valence electrons. The van der Waals surface area contributed by atoms with Crippen molar-refractivity contribution in [2.75, 3.05) is 19.0 Å². The van der Waals surface area contributed by atoms with E-state index in [1.54, 1.807) is 12.1 Å². The number of carbonyl (C=O) groups is 2. The van der Waals surface area contributed by atoms with Gasteiger partial charge in [0, 0.05) is 11.6 Å². The fourth-order valence-electron chi connectivity index (χ4n) is 2.64. The van der Waals surface area contributed by atoms with Crippen LogP contribution < -0.4 is 26.1 Å². The molecule has 30 heavy (non-hydrogen) atoms. The van der Waals surface area contributed by atoms with E-state index in [9.17, 15) is 14.4 Å². The van der Waals surface area contributed by atoms with Gasteiger partial charge < -0.3 is 20.5 Å². The molecular weight excluding hydrogens is 388 g/mol. The highest BCUT2D eigenvalue weighted by molar-refractivity contribution is 6.04. The molecule has 0 fully saturated rings. The van der Waals surface area contributed by atoms with Crippen LogP contribution in [0.15, 0.2) is 65.5 Å². The van der Waals surface area contributed by atoms with E-state index in [1.165, 1.54) is 37.4 Å². The van der Waals surface area contributed by atoms with Gasteiger partial charge in [-0.15, -0.1) is 0 Å². The first-order chi connectivity index (χ1) is 14.5. The summed E-state index contributed by atoms with van der Waals surface area (Å²) in [6, 6.07) is 16.1. The van der Waals surface area contributed by atoms with Crippen molar-refractivity contribution in [3.63, 3.8) is 0 Å². The van der Waals surface area contributed by atoms with Gasteiger partial charge >= 0.3 is 0 Å². The number of amides is 2. The number of nitrogens with zero attached hydrogens (tertiary/aromatic N) is 2. The number of carbonyl (C=O) groups excluding carboxylic acids is 2. The normalized spacial score (nSPS) is 10.3. The number of ether oxygens (including phenoxy) is 2. The van der Waals surface area contributed by atoms with E-state index >= 15 is 0 Å². The highest BCUT2D eigenvalue weighted by Crippen LogP contribution is 2.25. The number of nitrogens with two attached hydrogens (primary N) is 1. The molecule has 3 aromatic rings. The third-order valence-electron chi connectivity index (χ3n) is 4.15. The van der Waals surface area contributed by atoms with E-state index in [4.69, 9.17) is 15.2 Å². The molecule has 0 saturated carbocycles. The van der Waals surface area contributed by atoms with Gasteiger partial charge in [0.05, 0.1) is 19.3 Å². The van der Waals surface area contributed by atoms with E-state index in [0.717, 1.165) is 4.68 Å². The molecule has 2 aromatic carbocycles. The summed E-state index contributed by atoms with van der Waals surface area (Å²) in [7, 11) is 1.43. The monoisotopic (exact) mass is 408 g/mol. The summed E-state index contributed by atoms with van der Waals surface area (Å²) in [6.07, 6.45) is 0. The van der Waals surface area contributed by atoms with Crippen LogP contribution in [-0.2, 0) is 6.54 Å². The van der Waals surface area contributed by atoms with Gasteiger partial charge in [-0.1, -0.05) is 18.2 Å². The lowest BCUT2D eigenvalue weighted by Gasteiger charge is -2.12. The average Bonchev–Trinajstić information content (AvgIpc) is 2.75. The summed E-state index contributed by atoms with van der Waals surface area (Å²) in [5, 5.41) is 6.71. The molecule has 0 unspecified atom stereocenters. The van der Waals surface area contributed by atoms with Gasteiger partial charge in [-0.2, -0.15) is 5.10 Å². The zero-order valence-corrected chi connectivity index (χ0v) is 16.2. The van der Waals surface area contributed by atoms with Gasteiger partial charge in [-0.05, 0) is 36.4 Å². The molecule has 0 spiro atoms. The van der Waals surface area contributed by atoms with Crippen LogP contribution >= 0.6 is 0 Å². The zero-order valence-electron chi connectivity index (χ0n) is 16.2. The third-order valence-corrected chi connectivity index (χ3v) is 4.15. The van der Waals surface area contributed by atoms with Crippen molar-refractivity contribution in [3.05, 3.63) is 82.3 Å². The molecule has 0 bridgehead atoms. The molecule has 0 aliphatic rings. The van der Waals surface area contributed by atoms with E-state index in [-0.39, 0.29) is 35.7 Å². The molecule has 0 aliphatic carbocycles. The van der Waals surface area contributed by atoms with E-state index in [1.807, 2.05) is 18.2 Å². The molecule has 1 heterocycles. The van der Waals surface area contributed by atoms with Gasteiger partial charge in [0.25, 0.3) is 11.5 Å². The Morgan fingerprint density at radius 2 is 1.87 bits per heavy atom. The van der Waals surface area contributed by atoms with Gasteiger partial charge in [-0.3, -0.25) is 14.4 Å². The SMILES string of the molecule is COc1ccc(C(N)=O)cc1NC(=O)c1ccc(=O)n(CCOc2ccccc2)n1. The Balaban J connectivity index is 1.74. The molecule has 0 saturated heterocycles. The predicted octanol–water partition coefficient (Wildman–Crippen LogP) is 1.68. The first-order valence-corrected chi connectivity index (χ1v) is 9.03. The van der Waals surface area contributed by atoms with E-state index in [0.29, 0.717) is 11.5 Å². The minimum Gasteiger partial charge on any atom is -0.495 e. The number of rotatable bonds is 8. The van der Waals surface area contributed by atoms with Crippen LogP contribution in [0.1, 0.15) is 20.8 Å². The van der Waals surface area contributed by atoms with Crippen molar-refractivity contribution in [3.8, 4) is 11.5 Å². The summed E-state index contributed by atoms with van der Waals surface area (Å²) in [5.41, 5.74) is 5.40. The first kappa shape index (κ1) is 20.6. The Hall–Kier alpha value is -4.14. The second-order valence-corrected chi connectivity index (χ2v) is 6.17. The highest BCUT2D eigenvalue weighted by atomic mass is 16.5. The highest BCUT2D eigenvalue weighted by Gasteiger charge is 2.14. The van der Waals surface area contributed by atoms with Crippen molar-refractivity contribution in [1.29, 1.82) is 0 Å². The second-order valence-electron chi connectivity index (χ2n) is 6.17. The number of methoxy groups -OCH3 is 1. The van der Waals surface area contributed by atoms with Crippen LogP contribution in [-0.4, -0.2) is 35.3 Å². The minimum absolute atomic E-state index is 0.0147. The third kappa shape index (κ3) is 5.02. The standard InChI is InChI=1S/C21H20N4O5/c1-29-18-9-7-14(20(22)27)13-17(18)23-21(28)16-8-10-19(26)25(24-16)11-12-30-15-5-3-2-4-6-15/h2-10,13H,11-12H2,1H3,(H2,22,27)(H,23,28). The molecular formula is C21H20N4O5. The molecule has 0 aliphatic heterocycles. The Labute approximate surface area is 172 Å². The number of hydrogen-bond donors (Lipinski definition) is 2. The summed E-state index contributed by atoms with van der Waals surface area (Å²) in [5.74, 6) is -0.204. The lowest BCUT2D eigenvalue weighted by Crippen LogP contribution is -2.28. The van der Waals surface area contributed by atoms with Crippen LogP contribution in [0.5, 0.6) is 11.5 Å². The molecule has 2 amide bonds. The van der Waals surface area contributed by atoms with Gasteiger partial charge in [0.1, 0.15) is 23.8 Å². The molecule has 9 nitrogen and oxygen atoms in total. The smallest absolute Gasteiger partial charge is 0.276 e. The predicted molar refractivity (Wildman–Crippen MR) is 110 cm³/mol. The van der Waals surface area contributed by atoms with Crippen molar-refractivity contribution in [2.24, 2.45) is 5.73 Å². The van der Waals surface area contributed by atoms with Gasteiger partial charge in [0.15, 0.2) is 0 Å². The largest absolute Gasteiger partial charge is 0.495 e. The fraction of sp³-hybridized carbons (Fsp3) is 0.143. The lowest BCUT2D eigenvalue weighted by atomic mass is 10.1. The number of hydrogen-bond acceptors (Lipinski definition) is 6. The van der Waals surface area contributed by atoms with Crippen molar-refractivity contribution < 1.29 is 19.1 Å². The number of nitrogens with one attached hydrogen (secondary N) is 1. The number of aromatic nitrogens is 2. The Bertz CT molecular complexity index is 1110. The summed E-state index contributed by atoms with van der Waals surface area (Å²) in [4.78, 5) is 36.1. The van der Waals surface area contributed by atoms with Gasteiger partial charge in [0.2, 0.25) is 5.91 Å². The summed E-state index contributed by atoms with van der Waals surface area (Å²) < 4.78 is 11.9. The topological polar surface area (TPSA) is 126 Å². The Kier molecular flexibility index (Phi) is 6.43. The zero-order chi connectivity index (χ0) is 21.5. The fourth-order valence-corrected chi connectivity index (χ4v) is 2.64. The van der Waals surface area contributed by atoms with Crippen LogP contribution in [0.4, 0.5) is 5.69 Å². The Morgan fingerprint density at radius 3 is 2.57 bits per heavy atom. The number of benzene rings is 2. The molecule has 0 radical (unpaired) electrons. The average molecular weight is 408 g/mol. The summed E-state index contributed by atoms with van der Waals surface area (Å²) >= 11 is 0. The Morgan fingerprint density at radius 1 is 1.10 bits per heavy atom. The lowest BCUT2D eigenvalue weighted by molar-refractivity contribution is 0.0994. The van der Waals surface area contributed by atoms with Crippen LogP contribution in [0.25, 0.3) is 0 Å². The van der Waals surface area contributed by atoms with Gasteiger partial charge in [-0.25, -0.2) is 4.68 Å². The van der Waals surface area contributed by atoms with Crippen LogP contribution in [0, 0.1) is 0 Å². The second kappa shape index (κ2) is 9.37.